The highest BCUT2D eigenvalue weighted by molar-refractivity contribution is 9.10. The molecule has 2 aromatic carbocycles. The van der Waals surface area contributed by atoms with Crippen molar-refractivity contribution in [1.82, 2.24) is 0 Å². The Morgan fingerprint density at radius 3 is 2.52 bits per heavy atom. The molecular weight excluding hydrogens is 354 g/mol. The summed E-state index contributed by atoms with van der Waals surface area (Å²) in [5.41, 5.74) is 0.711. The van der Waals surface area contributed by atoms with E-state index in [1.807, 2.05) is 36.4 Å². The third-order valence-corrected chi connectivity index (χ3v) is 6.19. The van der Waals surface area contributed by atoms with Crippen molar-refractivity contribution in [2.24, 2.45) is 5.92 Å². The van der Waals surface area contributed by atoms with Gasteiger partial charge < -0.3 is 5.32 Å². The normalized spacial score (nSPS) is 20.5. The first-order valence-corrected chi connectivity index (χ1v) is 9.26. The van der Waals surface area contributed by atoms with Gasteiger partial charge in [0.15, 0.2) is 9.84 Å². The maximum absolute atomic E-state index is 12.2. The summed E-state index contributed by atoms with van der Waals surface area (Å²) >= 11 is 3.49. The second-order valence-corrected chi connectivity index (χ2v) is 8.31. The molecule has 1 heterocycles. The fourth-order valence-corrected chi connectivity index (χ4v) is 4.83. The van der Waals surface area contributed by atoms with E-state index in [9.17, 15) is 13.2 Å². The zero-order chi connectivity index (χ0) is 15.0. The van der Waals surface area contributed by atoms with Crippen molar-refractivity contribution in [3.63, 3.8) is 0 Å². The SMILES string of the molecule is O=C(Nc1ccc(Br)c2ccccc12)C1CCS(=O)(=O)C1. The van der Waals surface area contributed by atoms with Crippen LogP contribution < -0.4 is 5.32 Å². The molecule has 0 aromatic heterocycles. The van der Waals surface area contributed by atoms with Crippen molar-refractivity contribution < 1.29 is 13.2 Å². The van der Waals surface area contributed by atoms with Crippen LogP contribution in [0.3, 0.4) is 0 Å². The predicted molar refractivity (Wildman–Crippen MR) is 87.0 cm³/mol. The van der Waals surface area contributed by atoms with Crippen LogP contribution in [0.1, 0.15) is 6.42 Å². The molecule has 1 N–H and O–H groups in total. The smallest absolute Gasteiger partial charge is 0.228 e. The molecule has 0 radical (unpaired) electrons. The van der Waals surface area contributed by atoms with E-state index in [1.165, 1.54) is 0 Å². The molecule has 1 unspecified atom stereocenters. The Hall–Kier alpha value is -1.40. The lowest BCUT2D eigenvalue weighted by Crippen LogP contribution is -2.23. The molecule has 21 heavy (non-hydrogen) atoms. The summed E-state index contributed by atoms with van der Waals surface area (Å²) in [6.45, 7) is 0. The Morgan fingerprint density at radius 2 is 1.86 bits per heavy atom. The third kappa shape index (κ3) is 2.96. The summed E-state index contributed by atoms with van der Waals surface area (Å²) in [6, 6.07) is 11.4. The number of carbonyl (C=O) groups excluding carboxylic acids is 1. The van der Waals surface area contributed by atoms with E-state index < -0.39 is 15.8 Å². The molecule has 110 valence electrons. The Labute approximate surface area is 131 Å². The second-order valence-electron chi connectivity index (χ2n) is 5.23. The van der Waals surface area contributed by atoms with E-state index >= 15 is 0 Å². The van der Waals surface area contributed by atoms with E-state index in [0.29, 0.717) is 12.1 Å². The molecule has 1 amide bonds. The molecule has 0 aliphatic carbocycles. The maximum atomic E-state index is 12.2. The van der Waals surface area contributed by atoms with Crippen LogP contribution in [-0.4, -0.2) is 25.8 Å². The predicted octanol–water partition coefficient (Wildman–Crippen LogP) is 2.98. The number of rotatable bonds is 2. The van der Waals surface area contributed by atoms with Crippen LogP contribution in [0.15, 0.2) is 40.9 Å². The van der Waals surface area contributed by atoms with Gasteiger partial charge in [-0.05, 0) is 23.9 Å². The highest BCUT2D eigenvalue weighted by atomic mass is 79.9. The number of anilines is 1. The van der Waals surface area contributed by atoms with Crippen LogP contribution in [0.5, 0.6) is 0 Å². The molecule has 6 heteroatoms. The number of amides is 1. The molecule has 0 bridgehead atoms. The van der Waals surface area contributed by atoms with E-state index in [-0.39, 0.29) is 17.4 Å². The van der Waals surface area contributed by atoms with Gasteiger partial charge in [0.2, 0.25) is 5.91 Å². The number of fused-ring (bicyclic) bond motifs is 1. The molecule has 0 saturated carbocycles. The topological polar surface area (TPSA) is 63.2 Å². The average Bonchev–Trinajstić information content (AvgIpc) is 2.83. The van der Waals surface area contributed by atoms with Crippen molar-refractivity contribution in [2.45, 2.75) is 6.42 Å². The maximum Gasteiger partial charge on any atom is 0.228 e. The van der Waals surface area contributed by atoms with E-state index in [1.54, 1.807) is 0 Å². The van der Waals surface area contributed by atoms with Crippen LogP contribution in [0.4, 0.5) is 5.69 Å². The number of nitrogens with one attached hydrogen (secondary N) is 1. The van der Waals surface area contributed by atoms with Crippen molar-refractivity contribution in [3.8, 4) is 0 Å². The van der Waals surface area contributed by atoms with Crippen LogP contribution in [-0.2, 0) is 14.6 Å². The van der Waals surface area contributed by atoms with Gasteiger partial charge >= 0.3 is 0 Å². The van der Waals surface area contributed by atoms with Gasteiger partial charge in [0.1, 0.15) is 0 Å². The number of benzene rings is 2. The molecule has 1 aliphatic heterocycles. The molecule has 2 aromatic rings. The Kier molecular flexibility index (Phi) is 3.75. The van der Waals surface area contributed by atoms with Gasteiger partial charge in [-0.15, -0.1) is 0 Å². The standard InChI is InChI=1S/C15H14BrNO3S/c16-13-5-6-14(12-4-2-1-3-11(12)13)17-15(18)10-7-8-21(19,20)9-10/h1-6,10H,7-9H2,(H,17,18). The Balaban J connectivity index is 1.89. The van der Waals surface area contributed by atoms with Gasteiger partial charge in [0.25, 0.3) is 0 Å². The Morgan fingerprint density at radius 1 is 1.14 bits per heavy atom. The van der Waals surface area contributed by atoms with Gasteiger partial charge in [-0.3, -0.25) is 4.79 Å². The summed E-state index contributed by atoms with van der Waals surface area (Å²) in [6.07, 6.45) is 0.405. The Bertz CT molecular complexity index is 817. The molecule has 3 rings (SSSR count). The van der Waals surface area contributed by atoms with E-state index in [2.05, 4.69) is 21.2 Å². The average molecular weight is 368 g/mol. The first kappa shape index (κ1) is 14.5. The van der Waals surface area contributed by atoms with Gasteiger partial charge in [-0.2, -0.15) is 0 Å². The highest BCUT2D eigenvalue weighted by Crippen LogP contribution is 2.30. The summed E-state index contributed by atoms with van der Waals surface area (Å²) in [5, 5.41) is 4.81. The zero-order valence-electron chi connectivity index (χ0n) is 11.2. The molecule has 1 fully saturated rings. The fraction of sp³-hybridized carbons (Fsp3) is 0.267. The summed E-state index contributed by atoms with van der Waals surface area (Å²) in [5.74, 6) is -0.611. The lowest BCUT2D eigenvalue weighted by Gasteiger charge is -2.12. The van der Waals surface area contributed by atoms with Crippen molar-refractivity contribution in [1.29, 1.82) is 0 Å². The number of halogens is 1. The minimum atomic E-state index is -3.05. The summed E-state index contributed by atoms with van der Waals surface area (Å²) in [4.78, 5) is 12.2. The van der Waals surface area contributed by atoms with E-state index in [0.717, 1.165) is 15.2 Å². The van der Waals surface area contributed by atoms with Gasteiger partial charge in [-0.25, -0.2) is 8.42 Å². The monoisotopic (exact) mass is 367 g/mol. The minimum Gasteiger partial charge on any atom is -0.325 e. The lowest BCUT2D eigenvalue weighted by atomic mass is 10.1. The van der Waals surface area contributed by atoms with Crippen LogP contribution in [0.2, 0.25) is 0 Å². The van der Waals surface area contributed by atoms with Gasteiger partial charge in [0, 0.05) is 15.5 Å². The number of carbonyl (C=O) groups is 1. The van der Waals surface area contributed by atoms with E-state index in [4.69, 9.17) is 0 Å². The zero-order valence-corrected chi connectivity index (χ0v) is 13.6. The van der Waals surface area contributed by atoms with Crippen LogP contribution in [0, 0.1) is 5.92 Å². The van der Waals surface area contributed by atoms with Crippen LogP contribution in [0.25, 0.3) is 10.8 Å². The quantitative estimate of drug-likeness (QED) is 0.887. The first-order chi connectivity index (χ1) is 9.96. The number of hydrogen-bond acceptors (Lipinski definition) is 3. The minimum absolute atomic E-state index is 0.0483. The molecule has 1 atom stereocenters. The van der Waals surface area contributed by atoms with Crippen molar-refractivity contribution >= 4 is 48.1 Å². The second kappa shape index (κ2) is 5.42. The molecular formula is C15H14BrNO3S. The molecule has 1 saturated heterocycles. The molecule has 4 nitrogen and oxygen atoms in total. The third-order valence-electron chi connectivity index (χ3n) is 3.73. The van der Waals surface area contributed by atoms with Crippen LogP contribution >= 0.6 is 15.9 Å². The molecule has 0 spiro atoms. The highest BCUT2D eigenvalue weighted by Gasteiger charge is 2.33. The largest absolute Gasteiger partial charge is 0.325 e. The number of sulfone groups is 1. The molecule has 1 aliphatic rings. The van der Waals surface area contributed by atoms with Crippen molar-refractivity contribution in [3.05, 3.63) is 40.9 Å². The summed E-state index contributed by atoms with van der Waals surface area (Å²) in [7, 11) is -3.05. The van der Waals surface area contributed by atoms with Gasteiger partial charge in [0.05, 0.1) is 17.4 Å². The number of hydrogen-bond donors (Lipinski definition) is 1. The first-order valence-electron chi connectivity index (χ1n) is 6.65. The fourth-order valence-electron chi connectivity index (χ4n) is 2.61. The van der Waals surface area contributed by atoms with Gasteiger partial charge in [-0.1, -0.05) is 40.2 Å². The lowest BCUT2D eigenvalue weighted by molar-refractivity contribution is -0.119. The summed E-state index contributed by atoms with van der Waals surface area (Å²) < 4.78 is 23.9. The van der Waals surface area contributed by atoms with Crippen molar-refractivity contribution in [2.75, 3.05) is 16.8 Å².